The van der Waals surface area contributed by atoms with Gasteiger partial charge >= 0.3 is 0 Å². The second kappa shape index (κ2) is 5.41. The van der Waals surface area contributed by atoms with Crippen molar-refractivity contribution in [2.75, 3.05) is 31.6 Å². The van der Waals surface area contributed by atoms with Crippen molar-refractivity contribution in [2.45, 2.75) is 0 Å². The molecule has 0 saturated carbocycles. The number of aliphatic hydroxyl groups is 1. The Morgan fingerprint density at radius 1 is 1.39 bits per heavy atom. The molecule has 6 heteroatoms. The van der Waals surface area contributed by atoms with Gasteiger partial charge in [-0.15, -0.1) is 0 Å². The Balaban J connectivity index is 1.82. The van der Waals surface area contributed by atoms with E-state index in [0.29, 0.717) is 13.1 Å². The highest BCUT2D eigenvalue weighted by Gasteiger charge is 2.27. The molecule has 0 aromatic heterocycles. The van der Waals surface area contributed by atoms with Crippen molar-refractivity contribution >= 4 is 11.6 Å². The summed E-state index contributed by atoms with van der Waals surface area (Å²) in [5.74, 6) is -1.97. The molecule has 0 radical (unpaired) electrons. The average Bonchev–Trinajstić information content (AvgIpc) is 2.28. The van der Waals surface area contributed by atoms with Crippen molar-refractivity contribution in [2.24, 2.45) is 5.92 Å². The number of hydrogen-bond donors (Lipinski definition) is 2. The van der Waals surface area contributed by atoms with Crippen LogP contribution in [0.25, 0.3) is 0 Å². The van der Waals surface area contributed by atoms with Gasteiger partial charge in [0.05, 0.1) is 6.54 Å². The average molecular weight is 256 g/mol. The predicted molar refractivity (Wildman–Crippen MR) is 62.0 cm³/mol. The molecule has 1 aliphatic heterocycles. The lowest BCUT2D eigenvalue weighted by Gasteiger charge is -2.37. The van der Waals surface area contributed by atoms with E-state index >= 15 is 0 Å². The van der Waals surface area contributed by atoms with Crippen molar-refractivity contribution in [1.29, 1.82) is 0 Å². The lowest BCUT2D eigenvalue weighted by Crippen LogP contribution is -2.51. The molecule has 0 bridgehead atoms. The summed E-state index contributed by atoms with van der Waals surface area (Å²) < 4.78 is 25.6. The molecule has 0 spiro atoms. The first-order valence-corrected chi connectivity index (χ1v) is 5.66. The molecule has 1 aliphatic rings. The third-order valence-electron chi connectivity index (χ3n) is 2.86. The highest BCUT2D eigenvalue weighted by atomic mass is 19.2. The van der Waals surface area contributed by atoms with E-state index < -0.39 is 11.6 Å². The molecule has 1 amide bonds. The van der Waals surface area contributed by atoms with Crippen molar-refractivity contribution in [3.05, 3.63) is 29.8 Å². The van der Waals surface area contributed by atoms with Gasteiger partial charge in [-0.1, -0.05) is 0 Å². The zero-order valence-corrected chi connectivity index (χ0v) is 9.70. The van der Waals surface area contributed by atoms with Gasteiger partial charge in [0.1, 0.15) is 0 Å². The van der Waals surface area contributed by atoms with Crippen LogP contribution in [-0.4, -0.2) is 42.2 Å². The van der Waals surface area contributed by atoms with Gasteiger partial charge in [-0.3, -0.25) is 9.69 Å². The summed E-state index contributed by atoms with van der Waals surface area (Å²) in [6.45, 7) is 1.68. The number of carbonyl (C=O) groups excluding carboxylic acids is 1. The Bertz CT molecular complexity index is 448. The molecule has 1 fully saturated rings. The molecule has 0 unspecified atom stereocenters. The third-order valence-corrected chi connectivity index (χ3v) is 2.86. The summed E-state index contributed by atoms with van der Waals surface area (Å²) >= 11 is 0. The number of likely N-dealkylation sites (tertiary alicyclic amines) is 1. The maximum atomic E-state index is 12.9. The van der Waals surface area contributed by atoms with Crippen molar-refractivity contribution in [3.8, 4) is 0 Å². The fourth-order valence-electron chi connectivity index (χ4n) is 1.90. The summed E-state index contributed by atoms with van der Waals surface area (Å²) in [6, 6.07) is 3.22. The lowest BCUT2D eigenvalue weighted by molar-refractivity contribution is -0.119. The molecule has 0 atom stereocenters. The summed E-state index contributed by atoms with van der Waals surface area (Å²) in [5.41, 5.74) is 0.234. The highest BCUT2D eigenvalue weighted by Crippen LogP contribution is 2.15. The van der Waals surface area contributed by atoms with Gasteiger partial charge in [-0.2, -0.15) is 0 Å². The van der Waals surface area contributed by atoms with Gasteiger partial charge in [0, 0.05) is 37.4 Å². The smallest absolute Gasteiger partial charge is 0.238 e. The molecule has 0 aliphatic carbocycles. The summed E-state index contributed by atoms with van der Waals surface area (Å²) in [7, 11) is 0. The molecule has 1 heterocycles. The Kier molecular flexibility index (Phi) is 3.88. The van der Waals surface area contributed by atoms with Gasteiger partial charge < -0.3 is 10.4 Å². The first kappa shape index (κ1) is 12.9. The summed E-state index contributed by atoms with van der Waals surface area (Å²) in [5, 5.41) is 11.3. The van der Waals surface area contributed by atoms with Crippen molar-refractivity contribution < 1.29 is 18.7 Å². The fourth-order valence-corrected chi connectivity index (χ4v) is 1.90. The first-order chi connectivity index (χ1) is 8.58. The number of nitrogens with one attached hydrogen (secondary N) is 1. The number of nitrogens with zero attached hydrogens (tertiary/aromatic N) is 1. The molecule has 18 heavy (non-hydrogen) atoms. The normalized spacial score (nSPS) is 16.4. The third kappa shape index (κ3) is 3.02. The topological polar surface area (TPSA) is 52.6 Å². The van der Waals surface area contributed by atoms with Crippen LogP contribution in [0.4, 0.5) is 14.5 Å². The summed E-state index contributed by atoms with van der Waals surface area (Å²) in [6.07, 6.45) is 0. The zero-order valence-electron chi connectivity index (χ0n) is 9.70. The van der Waals surface area contributed by atoms with Crippen LogP contribution in [0.15, 0.2) is 18.2 Å². The standard InChI is InChI=1S/C12H14F2N2O2/c13-10-2-1-9(3-11(10)14)15-12(18)6-16-4-8(5-16)7-17/h1-3,8,17H,4-7H2,(H,15,18). The van der Waals surface area contributed by atoms with Crippen LogP contribution in [0.5, 0.6) is 0 Å². The number of hydrogen-bond acceptors (Lipinski definition) is 3. The number of aliphatic hydroxyl groups excluding tert-OH is 1. The minimum atomic E-state index is -0.989. The van der Waals surface area contributed by atoms with Crippen molar-refractivity contribution in [3.63, 3.8) is 0 Å². The van der Waals surface area contributed by atoms with Crippen molar-refractivity contribution in [1.82, 2.24) is 4.90 Å². The number of halogens is 2. The predicted octanol–water partition coefficient (Wildman–Crippen LogP) is 0.827. The highest BCUT2D eigenvalue weighted by molar-refractivity contribution is 5.92. The van der Waals surface area contributed by atoms with Gasteiger partial charge in [-0.25, -0.2) is 8.78 Å². The van der Waals surface area contributed by atoms with Crippen LogP contribution in [0, 0.1) is 17.6 Å². The van der Waals surface area contributed by atoms with Crippen LogP contribution in [-0.2, 0) is 4.79 Å². The van der Waals surface area contributed by atoms with Gasteiger partial charge in [0.2, 0.25) is 5.91 Å². The summed E-state index contributed by atoms with van der Waals surface area (Å²) in [4.78, 5) is 13.4. The SMILES string of the molecule is O=C(CN1CC(CO)C1)Nc1ccc(F)c(F)c1. The van der Waals surface area contributed by atoms with Crippen LogP contribution in [0.3, 0.4) is 0 Å². The number of rotatable bonds is 4. The molecule has 1 aromatic carbocycles. The minimum Gasteiger partial charge on any atom is -0.396 e. The van der Waals surface area contributed by atoms with Gasteiger partial charge in [-0.05, 0) is 12.1 Å². The molecule has 1 saturated heterocycles. The van der Waals surface area contributed by atoms with Crippen LogP contribution in [0.2, 0.25) is 0 Å². The van der Waals surface area contributed by atoms with Gasteiger partial charge in [0.25, 0.3) is 0 Å². The molecule has 98 valence electrons. The monoisotopic (exact) mass is 256 g/mol. The van der Waals surface area contributed by atoms with E-state index in [0.717, 1.165) is 12.1 Å². The van der Waals surface area contributed by atoms with Gasteiger partial charge in [0.15, 0.2) is 11.6 Å². The zero-order chi connectivity index (χ0) is 13.1. The van der Waals surface area contributed by atoms with Crippen LogP contribution in [0.1, 0.15) is 0 Å². The Morgan fingerprint density at radius 2 is 2.11 bits per heavy atom. The molecular formula is C12H14F2N2O2. The van der Waals surface area contributed by atoms with E-state index in [2.05, 4.69) is 5.32 Å². The maximum absolute atomic E-state index is 12.9. The number of anilines is 1. The molecule has 2 N–H and O–H groups in total. The second-order valence-electron chi connectivity index (χ2n) is 4.42. The maximum Gasteiger partial charge on any atom is 0.238 e. The quantitative estimate of drug-likeness (QED) is 0.839. The molecule has 4 nitrogen and oxygen atoms in total. The largest absolute Gasteiger partial charge is 0.396 e. The Hall–Kier alpha value is -1.53. The second-order valence-corrected chi connectivity index (χ2v) is 4.42. The molecular weight excluding hydrogens is 242 g/mol. The number of benzene rings is 1. The minimum absolute atomic E-state index is 0.126. The van der Waals surface area contributed by atoms with E-state index in [9.17, 15) is 13.6 Å². The van der Waals surface area contributed by atoms with E-state index in [4.69, 9.17) is 5.11 Å². The van der Waals surface area contributed by atoms with E-state index in [-0.39, 0.29) is 30.7 Å². The Morgan fingerprint density at radius 3 is 2.72 bits per heavy atom. The first-order valence-electron chi connectivity index (χ1n) is 5.66. The number of amides is 1. The lowest BCUT2D eigenvalue weighted by atomic mass is 10.0. The Labute approximate surface area is 103 Å². The van der Waals surface area contributed by atoms with Crippen LogP contribution >= 0.6 is 0 Å². The number of carbonyl (C=O) groups is 1. The molecule has 2 rings (SSSR count). The van der Waals surface area contributed by atoms with E-state index in [1.807, 2.05) is 4.90 Å². The molecule has 1 aromatic rings. The van der Waals surface area contributed by atoms with E-state index in [1.54, 1.807) is 0 Å². The van der Waals surface area contributed by atoms with E-state index in [1.165, 1.54) is 6.07 Å². The fraction of sp³-hybridized carbons (Fsp3) is 0.417. The van der Waals surface area contributed by atoms with Crippen LogP contribution < -0.4 is 5.32 Å².